The molecule has 92 valence electrons. The van der Waals surface area contributed by atoms with Crippen LogP contribution in [0.2, 0.25) is 0 Å². The molecule has 1 aliphatic heterocycles. The maximum Gasteiger partial charge on any atom is 0.230 e. The van der Waals surface area contributed by atoms with Gasteiger partial charge < -0.3 is 10.1 Å². The molecule has 0 saturated carbocycles. The molecular weight excluding hydrogens is 216 g/mol. The van der Waals surface area contributed by atoms with E-state index in [4.69, 9.17) is 10.00 Å². The van der Waals surface area contributed by atoms with Crippen molar-refractivity contribution in [3.63, 3.8) is 0 Å². The second-order valence-electron chi connectivity index (χ2n) is 4.63. The standard InChI is InChI=1S/C12H18N4O/c1-8-4-5-14-7-11(8)17-12-10(6-13)9(2)15-16(12)3/h8,11,14H,4-5,7H2,1-3H3. The Labute approximate surface area is 101 Å². The molecule has 0 amide bonds. The van der Waals surface area contributed by atoms with Crippen LogP contribution >= 0.6 is 0 Å². The normalized spacial score (nSPS) is 24.4. The number of aryl methyl sites for hydroxylation is 2. The first-order valence-electron chi connectivity index (χ1n) is 5.94. The van der Waals surface area contributed by atoms with Gasteiger partial charge in [-0.1, -0.05) is 6.92 Å². The summed E-state index contributed by atoms with van der Waals surface area (Å²) < 4.78 is 7.60. The zero-order valence-corrected chi connectivity index (χ0v) is 10.5. The predicted octanol–water partition coefficient (Wildman–Crippen LogP) is 0.977. The zero-order valence-electron chi connectivity index (χ0n) is 10.5. The Morgan fingerprint density at radius 2 is 2.35 bits per heavy atom. The average Bonchev–Trinajstić information content (AvgIpc) is 2.56. The first-order chi connectivity index (χ1) is 8.13. The third-order valence-electron chi connectivity index (χ3n) is 3.30. The van der Waals surface area contributed by atoms with E-state index in [0.29, 0.717) is 17.4 Å². The number of nitrogens with zero attached hydrogens (tertiary/aromatic N) is 3. The molecule has 0 aliphatic carbocycles. The molecule has 17 heavy (non-hydrogen) atoms. The van der Waals surface area contributed by atoms with Crippen molar-refractivity contribution >= 4 is 0 Å². The summed E-state index contributed by atoms with van der Waals surface area (Å²) in [6.45, 7) is 5.88. The van der Waals surface area contributed by atoms with Crippen molar-refractivity contribution in [3.05, 3.63) is 11.3 Å². The smallest absolute Gasteiger partial charge is 0.230 e. The molecule has 0 aromatic carbocycles. The molecule has 0 spiro atoms. The SMILES string of the molecule is Cc1nn(C)c(OC2CNCCC2C)c1C#N. The summed E-state index contributed by atoms with van der Waals surface area (Å²) in [5.41, 5.74) is 1.27. The van der Waals surface area contributed by atoms with Gasteiger partial charge in [0.15, 0.2) is 0 Å². The number of hydrogen-bond acceptors (Lipinski definition) is 4. The quantitative estimate of drug-likeness (QED) is 0.828. The van der Waals surface area contributed by atoms with Crippen LogP contribution in [0.5, 0.6) is 5.88 Å². The number of hydrogen-bond donors (Lipinski definition) is 1. The Morgan fingerprint density at radius 1 is 1.59 bits per heavy atom. The summed E-state index contributed by atoms with van der Waals surface area (Å²) in [6.07, 6.45) is 1.22. The molecule has 5 heteroatoms. The van der Waals surface area contributed by atoms with Crippen molar-refractivity contribution in [1.29, 1.82) is 5.26 Å². The molecule has 1 aliphatic rings. The molecule has 2 atom stereocenters. The molecular formula is C12H18N4O. The zero-order chi connectivity index (χ0) is 12.4. The molecule has 1 fully saturated rings. The molecule has 1 aromatic heterocycles. The lowest BCUT2D eigenvalue weighted by Crippen LogP contribution is -2.43. The van der Waals surface area contributed by atoms with Gasteiger partial charge in [0.05, 0.1) is 5.69 Å². The van der Waals surface area contributed by atoms with Crippen molar-refractivity contribution in [2.45, 2.75) is 26.4 Å². The van der Waals surface area contributed by atoms with E-state index in [-0.39, 0.29) is 6.10 Å². The summed E-state index contributed by atoms with van der Waals surface area (Å²) >= 11 is 0. The summed E-state index contributed by atoms with van der Waals surface area (Å²) in [4.78, 5) is 0. The Morgan fingerprint density at radius 3 is 3.00 bits per heavy atom. The Kier molecular flexibility index (Phi) is 3.34. The highest BCUT2D eigenvalue weighted by atomic mass is 16.5. The molecule has 2 unspecified atom stereocenters. The molecule has 1 aromatic rings. The van der Waals surface area contributed by atoms with Gasteiger partial charge in [0.2, 0.25) is 5.88 Å². The summed E-state index contributed by atoms with van der Waals surface area (Å²) in [6, 6.07) is 2.16. The van der Waals surface area contributed by atoms with Crippen LogP contribution < -0.4 is 10.1 Å². The minimum absolute atomic E-state index is 0.116. The highest BCUT2D eigenvalue weighted by molar-refractivity contribution is 5.42. The number of nitriles is 1. The van der Waals surface area contributed by atoms with Crippen LogP contribution in [0.4, 0.5) is 0 Å². The molecule has 0 bridgehead atoms. The van der Waals surface area contributed by atoms with Crippen LogP contribution in [-0.4, -0.2) is 29.0 Å². The highest BCUT2D eigenvalue weighted by Gasteiger charge is 2.25. The van der Waals surface area contributed by atoms with E-state index in [1.807, 2.05) is 14.0 Å². The van der Waals surface area contributed by atoms with E-state index >= 15 is 0 Å². The van der Waals surface area contributed by atoms with Crippen molar-refractivity contribution in [3.8, 4) is 11.9 Å². The largest absolute Gasteiger partial charge is 0.472 e. The van der Waals surface area contributed by atoms with Gasteiger partial charge in [-0.3, -0.25) is 0 Å². The van der Waals surface area contributed by atoms with E-state index in [9.17, 15) is 0 Å². The van der Waals surface area contributed by atoms with Crippen molar-refractivity contribution in [2.24, 2.45) is 13.0 Å². The van der Waals surface area contributed by atoms with Crippen LogP contribution in [0.25, 0.3) is 0 Å². The first-order valence-corrected chi connectivity index (χ1v) is 5.94. The lowest BCUT2D eigenvalue weighted by molar-refractivity contribution is 0.104. The van der Waals surface area contributed by atoms with Crippen LogP contribution in [0.3, 0.4) is 0 Å². The van der Waals surface area contributed by atoms with Gasteiger partial charge in [0.1, 0.15) is 17.7 Å². The van der Waals surface area contributed by atoms with Gasteiger partial charge in [-0.25, -0.2) is 4.68 Å². The average molecular weight is 234 g/mol. The highest BCUT2D eigenvalue weighted by Crippen LogP contribution is 2.24. The lowest BCUT2D eigenvalue weighted by Gasteiger charge is -2.29. The second-order valence-corrected chi connectivity index (χ2v) is 4.63. The maximum atomic E-state index is 9.11. The molecule has 2 heterocycles. The van der Waals surface area contributed by atoms with Gasteiger partial charge in [0, 0.05) is 13.6 Å². The number of piperidine rings is 1. The van der Waals surface area contributed by atoms with E-state index in [1.165, 1.54) is 0 Å². The van der Waals surface area contributed by atoms with Gasteiger partial charge in [-0.05, 0) is 25.8 Å². The van der Waals surface area contributed by atoms with Crippen LogP contribution in [0, 0.1) is 24.2 Å². The van der Waals surface area contributed by atoms with Gasteiger partial charge in [-0.2, -0.15) is 10.4 Å². The monoisotopic (exact) mass is 234 g/mol. The topological polar surface area (TPSA) is 62.9 Å². The van der Waals surface area contributed by atoms with Gasteiger partial charge in [-0.15, -0.1) is 0 Å². The molecule has 0 radical (unpaired) electrons. The van der Waals surface area contributed by atoms with Crippen molar-refractivity contribution < 1.29 is 4.74 Å². The van der Waals surface area contributed by atoms with Gasteiger partial charge in [0.25, 0.3) is 0 Å². The Hall–Kier alpha value is -1.54. The molecule has 1 saturated heterocycles. The van der Waals surface area contributed by atoms with E-state index in [0.717, 1.165) is 25.2 Å². The molecule has 1 N–H and O–H groups in total. The predicted molar refractivity (Wildman–Crippen MR) is 63.7 cm³/mol. The molecule has 5 nitrogen and oxygen atoms in total. The fourth-order valence-corrected chi connectivity index (χ4v) is 2.16. The second kappa shape index (κ2) is 4.76. The van der Waals surface area contributed by atoms with Crippen molar-refractivity contribution in [2.75, 3.05) is 13.1 Å². The third-order valence-corrected chi connectivity index (χ3v) is 3.30. The third kappa shape index (κ3) is 2.27. The van der Waals surface area contributed by atoms with Crippen LogP contribution in [0.15, 0.2) is 0 Å². The summed E-state index contributed by atoms with van der Waals surface area (Å²) in [7, 11) is 1.81. The maximum absolute atomic E-state index is 9.11. The molecule has 2 rings (SSSR count). The summed E-state index contributed by atoms with van der Waals surface area (Å²) in [5.74, 6) is 1.09. The summed E-state index contributed by atoms with van der Waals surface area (Å²) in [5, 5.41) is 16.6. The van der Waals surface area contributed by atoms with Crippen LogP contribution in [0.1, 0.15) is 24.6 Å². The van der Waals surface area contributed by atoms with E-state index < -0.39 is 0 Å². The fraction of sp³-hybridized carbons (Fsp3) is 0.667. The minimum Gasteiger partial charge on any atom is -0.472 e. The van der Waals surface area contributed by atoms with Gasteiger partial charge >= 0.3 is 0 Å². The van der Waals surface area contributed by atoms with Crippen LogP contribution in [-0.2, 0) is 7.05 Å². The number of rotatable bonds is 2. The van der Waals surface area contributed by atoms with E-state index in [2.05, 4.69) is 23.4 Å². The Balaban J connectivity index is 2.21. The number of aromatic nitrogens is 2. The fourth-order valence-electron chi connectivity index (χ4n) is 2.16. The first kappa shape index (κ1) is 11.9. The van der Waals surface area contributed by atoms with E-state index in [1.54, 1.807) is 4.68 Å². The number of nitrogens with one attached hydrogen (secondary N) is 1. The minimum atomic E-state index is 0.116. The van der Waals surface area contributed by atoms with Crippen molar-refractivity contribution in [1.82, 2.24) is 15.1 Å². The Bertz CT molecular complexity index is 446. The lowest BCUT2D eigenvalue weighted by atomic mass is 9.97. The number of ether oxygens (including phenoxy) is 1.